The molecule has 0 aliphatic carbocycles. The maximum Gasteiger partial charge on any atom is 0.276 e. The quantitative estimate of drug-likeness (QED) is 0.759. The molecule has 2 fully saturated rings. The Hall–Kier alpha value is -3.27. The van der Waals surface area contributed by atoms with Gasteiger partial charge in [-0.3, -0.25) is 19.3 Å². The Morgan fingerprint density at radius 3 is 2.81 bits per heavy atom. The second-order valence-electron chi connectivity index (χ2n) is 8.12. The Morgan fingerprint density at radius 1 is 1.23 bits per heavy atom. The Kier molecular flexibility index (Phi) is 4.54. The SMILES string of the molecule is O=C(NCc1ccc(F)cc1F)c1cn2c(c(O)c1=O)C(=O)N1C3CCCN(C3)C1C2. The van der Waals surface area contributed by atoms with Crippen LogP contribution in [0.15, 0.2) is 29.2 Å². The zero-order valence-corrected chi connectivity index (χ0v) is 16.5. The number of hydrogen-bond donors (Lipinski definition) is 2. The fourth-order valence-electron chi connectivity index (χ4n) is 4.82. The molecule has 8 nitrogen and oxygen atoms in total. The van der Waals surface area contributed by atoms with E-state index in [9.17, 15) is 28.3 Å². The third-order valence-electron chi connectivity index (χ3n) is 6.32. The van der Waals surface area contributed by atoms with Gasteiger partial charge in [0, 0.05) is 43.5 Å². The molecule has 4 heterocycles. The van der Waals surface area contributed by atoms with Crippen LogP contribution in [0, 0.1) is 11.6 Å². The normalized spacial score (nSPS) is 24.0. The van der Waals surface area contributed by atoms with Gasteiger partial charge in [0.05, 0.1) is 6.54 Å². The van der Waals surface area contributed by atoms with Crippen molar-refractivity contribution in [1.82, 2.24) is 19.7 Å². The molecule has 2 bridgehead atoms. The fraction of sp³-hybridized carbons (Fsp3) is 0.381. The maximum atomic E-state index is 13.8. The van der Waals surface area contributed by atoms with Gasteiger partial charge >= 0.3 is 0 Å². The van der Waals surface area contributed by atoms with Crippen molar-refractivity contribution in [3.05, 3.63) is 63.1 Å². The number of rotatable bonds is 3. The van der Waals surface area contributed by atoms with E-state index in [1.165, 1.54) is 16.8 Å². The summed E-state index contributed by atoms with van der Waals surface area (Å²) in [5, 5.41) is 12.9. The predicted molar refractivity (Wildman–Crippen MR) is 104 cm³/mol. The molecule has 3 atom stereocenters. The molecule has 3 aliphatic rings. The van der Waals surface area contributed by atoms with Crippen molar-refractivity contribution in [2.45, 2.75) is 38.1 Å². The van der Waals surface area contributed by atoms with Crippen molar-refractivity contribution in [2.24, 2.45) is 0 Å². The van der Waals surface area contributed by atoms with E-state index in [-0.39, 0.29) is 35.6 Å². The number of hydrogen-bond acceptors (Lipinski definition) is 5. The molecule has 31 heavy (non-hydrogen) atoms. The lowest BCUT2D eigenvalue weighted by atomic mass is 10.1. The van der Waals surface area contributed by atoms with Crippen LogP contribution in [0.4, 0.5) is 8.78 Å². The first-order chi connectivity index (χ1) is 14.8. The van der Waals surface area contributed by atoms with Crippen molar-refractivity contribution in [3.63, 3.8) is 0 Å². The lowest BCUT2D eigenvalue weighted by molar-refractivity contribution is 0.0485. The highest BCUT2D eigenvalue weighted by molar-refractivity contribution is 5.99. The minimum Gasteiger partial charge on any atom is -0.503 e. The molecule has 0 radical (unpaired) electrons. The smallest absolute Gasteiger partial charge is 0.276 e. The van der Waals surface area contributed by atoms with Crippen molar-refractivity contribution in [2.75, 3.05) is 13.1 Å². The van der Waals surface area contributed by atoms with Crippen LogP contribution in [-0.4, -0.2) is 56.6 Å². The number of carbonyl (C=O) groups is 2. The van der Waals surface area contributed by atoms with Gasteiger partial charge in [-0.05, 0) is 18.9 Å². The van der Waals surface area contributed by atoms with Gasteiger partial charge in [0.2, 0.25) is 5.43 Å². The molecule has 2 amide bonds. The maximum absolute atomic E-state index is 13.8. The van der Waals surface area contributed by atoms with Crippen LogP contribution in [0.2, 0.25) is 0 Å². The molecule has 10 heteroatoms. The van der Waals surface area contributed by atoms with Gasteiger partial charge in [-0.15, -0.1) is 0 Å². The topological polar surface area (TPSA) is 94.9 Å². The van der Waals surface area contributed by atoms with E-state index in [0.29, 0.717) is 12.6 Å². The summed E-state index contributed by atoms with van der Waals surface area (Å²) in [5.74, 6) is -3.56. The molecule has 2 saturated heterocycles. The van der Waals surface area contributed by atoms with Crippen molar-refractivity contribution < 1.29 is 23.5 Å². The molecular formula is C21H20F2N4O4. The van der Waals surface area contributed by atoms with Gasteiger partial charge in [0.15, 0.2) is 11.4 Å². The van der Waals surface area contributed by atoms with Crippen LogP contribution < -0.4 is 10.7 Å². The van der Waals surface area contributed by atoms with Crippen molar-refractivity contribution in [3.8, 4) is 5.75 Å². The summed E-state index contributed by atoms with van der Waals surface area (Å²) in [6.07, 6.45) is 2.94. The van der Waals surface area contributed by atoms with Gasteiger partial charge < -0.3 is 19.9 Å². The first-order valence-electron chi connectivity index (χ1n) is 10.1. The Labute approximate surface area is 175 Å². The number of carbonyl (C=O) groups excluding carboxylic acids is 2. The molecule has 1 aromatic carbocycles. The average molecular weight is 430 g/mol. The Balaban J connectivity index is 1.44. The Morgan fingerprint density at radius 2 is 2.03 bits per heavy atom. The molecule has 0 spiro atoms. The van der Waals surface area contributed by atoms with E-state index < -0.39 is 34.6 Å². The number of nitrogens with zero attached hydrogens (tertiary/aromatic N) is 3. The minimum absolute atomic E-state index is 0.0499. The zero-order valence-electron chi connectivity index (χ0n) is 16.5. The number of benzene rings is 1. The lowest BCUT2D eigenvalue weighted by Crippen LogP contribution is -2.51. The molecule has 2 N–H and O–H groups in total. The summed E-state index contributed by atoms with van der Waals surface area (Å²) in [5.41, 5.74) is -1.37. The molecule has 3 aliphatic heterocycles. The number of nitrogens with one attached hydrogen (secondary N) is 1. The number of piperidine rings is 1. The van der Waals surface area contributed by atoms with Crippen LogP contribution in [0.3, 0.4) is 0 Å². The highest BCUT2D eigenvalue weighted by Crippen LogP contribution is 2.35. The van der Waals surface area contributed by atoms with Crippen molar-refractivity contribution in [1.29, 1.82) is 0 Å². The summed E-state index contributed by atoms with van der Waals surface area (Å²) >= 11 is 0. The number of pyridine rings is 1. The largest absolute Gasteiger partial charge is 0.503 e. The van der Waals surface area contributed by atoms with Gasteiger partial charge in [-0.2, -0.15) is 0 Å². The van der Waals surface area contributed by atoms with E-state index in [1.54, 1.807) is 4.90 Å². The molecule has 5 rings (SSSR count). The van der Waals surface area contributed by atoms with Gasteiger partial charge in [-0.25, -0.2) is 8.78 Å². The van der Waals surface area contributed by atoms with Gasteiger partial charge in [0.1, 0.15) is 23.4 Å². The third-order valence-corrected chi connectivity index (χ3v) is 6.32. The zero-order chi connectivity index (χ0) is 21.9. The first kappa shape index (κ1) is 19.7. The summed E-state index contributed by atoms with van der Waals surface area (Å²) in [6, 6.07) is 3.02. The monoisotopic (exact) mass is 430 g/mol. The van der Waals surface area contributed by atoms with Crippen LogP contribution in [0.1, 0.15) is 39.3 Å². The summed E-state index contributed by atoms with van der Waals surface area (Å²) in [4.78, 5) is 42.3. The number of aromatic nitrogens is 1. The molecule has 0 saturated carbocycles. The lowest BCUT2D eigenvalue weighted by Gasteiger charge is -2.36. The predicted octanol–water partition coefficient (Wildman–Crippen LogP) is 1.02. The molecule has 2 aromatic rings. The summed E-state index contributed by atoms with van der Waals surface area (Å²) in [7, 11) is 0. The standard InChI is InChI=1S/C21H20F2N4O4/c22-12-4-3-11(15(23)6-12)7-24-20(30)14-9-26-10-16-25-5-1-2-13(8-25)27(16)21(31)17(26)19(29)18(14)28/h3-4,6,9,13,16,29H,1-2,5,7-8,10H2,(H,24,30). The first-order valence-corrected chi connectivity index (χ1v) is 10.1. The highest BCUT2D eigenvalue weighted by atomic mass is 19.1. The van der Waals surface area contributed by atoms with E-state index >= 15 is 0 Å². The summed E-state index contributed by atoms with van der Waals surface area (Å²) < 4.78 is 28.3. The third kappa shape index (κ3) is 3.09. The van der Waals surface area contributed by atoms with E-state index in [1.807, 2.05) is 0 Å². The number of aromatic hydroxyl groups is 1. The van der Waals surface area contributed by atoms with E-state index in [4.69, 9.17) is 0 Å². The average Bonchev–Trinajstić information content (AvgIpc) is 2.99. The van der Waals surface area contributed by atoms with Crippen LogP contribution in [0.25, 0.3) is 0 Å². The highest BCUT2D eigenvalue weighted by Gasteiger charge is 2.48. The van der Waals surface area contributed by atoms with Gasteiger partial charge in [-0.1, -0.05) is 6.07 Å². The van der Waals surface area contributed by atoms with Crippen LogP contribution in [-0.2, 0) is 13.1 Å². The number of halogens is 2. The second-order valence-corrected chi connectivity index (χ2v) is 8.12. The van der Waals surface area contributed by atoms with E-state index in [0.717, 1.165) is 32.0 Å². The summed E-state index contributed by atoms with van der Waals surface area (Å²) in [6.45, 7) is 1.69. The Bertz CT molecular complexity index is 1160. The van der Waals surface area contributed by atoms with Crippen molar-refractivity contribution >= 4 is 11.8 Å². The molecule has 3 unspecified atom stereocenters. The number of amides is 2. The molecule has 162 valence electrons. The number of fused-ring (bicyclic) bond motifs is 6. The minimum atomic E-state index is -0.961. The second kappa shape index (κ2) is 7.16. The fourth-order valence-corrected chi connectivity index (χ4v) is 4.82. The molecular weight excluding hydrogens is 410 g/mol. The van der Waals surface area contributed by atoms with E-state index in [2.05, 4.69) is 10.2 Å². The van der Waals surface area contributed by atoms with Crippen LogP contribution >= 0.6 is 0 Å². The van der Waals surface area contributed by atoms with Crippen LogP contribution in [0.5, 0.6) is 5.75 Å². The molecule has 1 aromatic heterocycles. The van der Waals surface area contributed by atoms with Gasteiger partial charge in [0.25, 0.3) is 11.8 Å².